The number of aliphatic carboxylic acids is 1. The maximum absolute atomic E-state index is 11.3. The highest BCUT2D eigenvalue weighted by atomic mass is 32.1. The molecule has 0 aliphatic carbocycles. The summed E-state index contributed by atoms with van der Waals surface area (Å²) >= 11 is 1.45. The monoisotopic (exact) mass is 350 g/mol. The number of benzene rings is 2. The lowest BCUT2D eigenvalue weighted by Gasteiger charge is -2.07. The molecular weight excluding hydrogens is 336 g/mol. The molecule has 0 fully saturated rings. The van der Waals surface area contributed by atoms with Crippen molar-refractivity contribution in [1.82, 2.24) is 4.98 Å². The molecule has 25 heavy (non-hydrogen) atoms. The number of aromatic nitrogens is 1. The van der Waals surface area contributed by atoms with E-state index in [-0.39, 0.29) is 13.0 Å². The molecule has 0 unspecified atom stereocenters. The SMILES string of the molecule is N#CCOc1ccccc1/C=C(/CC(=O)O)c1nc2ccccc2s1. The van der Waals surface area contributed by atoms with Gasteiger partial charge in [0.2, 0.25) is 0 Å². The van der Waals surface area contributed by atoms with E-state index in [1.54, 1.807) is 18.2 Å². The fourth-order valence-corrected chi connectivity index (χ4v) is 3.37. The summed E-state index contributed by atoms with van der Waals surface area (Å²) in [5, 5.41) is 18.6. The Morgan fingerprint density at radius 2 is 2.00 bits per heavy atom. The Hall–Kier alpha value is -3.17. The number of hydrogen-bond acceptors (Lipinski definition) is 5. The highest BCUT2D eigenvalue weighted by Crippen LogP contribution is 2.32. The summed E-state index contributed by atoms with van der Waals surface area (Å²) in [6.07, 6.45) is 1.62. The summed E-state index contributed by atoms with van der Waals surface area (Å²) in [5.74, 6) is -0.394. The number of thiazole rings is 1. The van der Waals surface area contributed by atoms with Gasteiger partial charge in [-0.25, -0.2) is 4.98 Å². The highest BCUT2D eigenvalue weighted by molar-refractivity contribution is 7.19. The smallest absolute Gasteiger partial charge is 0.307 e. The molecule has 1 heterocycles. The first kappa shape index (κ1) is 16.7. The minimum absolute atomic E-state index is 0.0692. The van der Waals surface area contributed by atoms with E-state index in [0.717, 1.165) is 10.2 Å². The third-order valence-corrected chi connectivity index (χ3v) is 4.56. The van der Waals surface area contributed by atoms with Crippen molar-refractivity contribution in [3.8, 4) is 11.8 Å². The maximum atomic E-state index is 11.3. The quantitative estimate of drug-likeness (QED) is 0.720. The fourth-order valence-electron chi connectivity index (χ4n) is 2.39. The molecule has 0 saturated heterocycles. The van der Waals surface area contributed by atoms with Crippen LogP contribution in [0.1, 0.15) is 17.0 Å². The molecule has 0 saturated carbocycles. The van der Waals surface area contributed by atoms with Crippen LogP contribution in [0.25, 0.3) is 21.9 Å². The Labute approximate surface area is 148 Å². The zero-order valence-corrected chi connectivity index (χ0v) is 14.0. The summed E-state index contributed by atoms with van der Waals surface area (Å²) in [7, 11) is 0. The van der Waals surface area contributed by atoms with Crippen molar-refractivity contribution < 1.29 is 14.6 Å². The summed E-state index contributed by atoms with van der Waals surface area (Å²) < 4.78 is 6.42. The number of carboxylic acid groups (broad SMARTS) is 1. The van der Waals surface area contributed by atoms with Gasteiger partial charge in [-0.05, 0) is 29.8 Å². The average Bonchev–Trinajstić information content (AvgIpc) is 3.04. The molecule has 0 bridgehead atoms. The van der Waals surface area contributed by atoms with Gasteiger partial charge in [-0.2, -0.15) is 5.26 Å². The molecule has 0 amide bonds. The number of rotatable bonds is 6. The summed E-state index contributed by atoms with van der Waals surface area (Å²) in [4.78, 5) is 15.9. The number of para-hydroxylation sites is 2. The minimum Gasteiger partial charge on any atom is -0.481 e. The van der Waals surface area contributed by atoms with E-state index in [1.807, 2.05) is 42.5 Å². The van der Waals surface area contributed by atoms with Crippen molar-refractivity contribution >= 4 is 39.2 Å². The molecule has 0 atom stereocenters. The van der Waals surface area contributed by atoms with E-state index in [4.69, 9.17) is 10.00 Å². The molecule has 1 N–H and O–H groups in total. The van der Waals surface area contributed by atoms with E-state index in [9.17, 15) is 9.90 Å². The van der Waals surface area contributed by atoms with Gasteiger partial charge in [-0.3, -0.25) is 4.79 Å². The first-order chi connectivity index (χ1) is 12.2. The maximum Gasteiger partial charge on any atom is 0.307 e. The van der Waals surface area contributed by atoms with Gasteiger partial charge >= 0.3 is 5.97 Å². The second-order valence-corrected chi connectivity index (χ2v) is 6.24. The first-order valence-corrected chi connectivity index (χ1v) is 8.36. The van der Waals surface area contributed by atoms with E-state index in [2.05, 4.69) is 4.98 Å². The lowest BCUT2D eigenvalue weighted by Crippen LogP contribution is -1.98. The van der Waals surface area contributed by atoms with Gasteiger partial charge in [0.15, 0.2) is 6.61 Å². The Kier molecular flexibility index (Phi) is 5.07. The standard InChI is InChI=1S/C19H14N2O3S/c20-9-10-24-16-7-3-1-5-13(16)11-14(12-18(22)23)19-21-15-6-2-4-8-17(15)25-19/h1-8,11H,10,12H2,(H,22,23)/b14-11-. The zero-order valence-electron chi connectivity index (χ0n) is 13.2. The predicted molar refractivity (Wildman–Crippen MR) is 97.3 cm³/mol. The largest absolute Gasteiger partial charge is 0.481 e. The van der Waals surface area contributed by atoms with Gasteiger partial charge in [0.25, 0.3) is 0 Å². The average molecular weight is 350 g/mol. The number of nitrogens with zero attached hydrogens (tertiary/aromatic N) is 2. The van der Waals surface area contributed by atoms with Gasteiger partial charge in [0, 0.05) is 5.56 Å². The molecule has 0 aliphatic rings. The van der Waals surface area contributed by atoms with Crippen molar-refractivity contribution in [2.75, 3.05) is 6.61 Å². The van der Waals surface area contributed by atoms with E-state index in [0.29, 0.717) is 21.9 Å². The van der Waals surface area contributed by atoms with Crippen LogP contribution in [0.15, 0.2) is 48.5 Å². The van der Waals surface area contributed by atoms with Crippen molar-refractivity contribution in [1.29, 1.82) is 5.26 Å². The normalized spacial score (nSPS) is 11.2. The lowest BCUT2D eigenvalue weighted by molar-refractivity contribution is -0.135. The second-order valence-electron chi connectivity index (χ2n) is 5.21. The Morgan fingerprint density at radius 1 is 1.24 bits per heavy atom. The molecule has 0 spiro atoms. The Balaban J connectivity index is 2.05. The van der Waals surface area contributed by atoms with E-state index in [1.165, 1.54) is 11.3 Å². The third-order valence-electron chi connectivity index (χ3n) is 3.45. The van der Waals surface area contributed by atoms with Crippen LogP contribution in [-0.2, 0) is 4.79 Å². The van der Waals surface area contributed by atoms with Crippen LogP contribution in [0.4, 0.5) is 0 Å². The molecule has 124 valence electrons. The fraction of sp³-hybridized carbons (Fsp3) is 0.105. The van der Waals surface area contributed by atoms with Crippen LogP contribution in [0, 0.1) is 11.3 Å². The zero-order chi connectivity index (χ0) is 17.6. The van der Waals surface area contributed by atoms with Crippen LogP contribution in [-0.4, -0.2) is 22.7 Å². The molecule has 3 aromatic rings. The molecule has 3 rings (SSSR count). The molecule has 1 aromatic heterocycles. The number of fused-ring (bicyclic) bond motifs is 1. The predicted octanol–water partition coefficient (Wildman–Crippen LogP) is 4.21. The summed E-state index contributed by atoms with van der Waals surface area (Å²) in [6, 6.07) is 16.8. The highest BCUT2D eigenvalue weighted by Gasteiger charge is 2.13. The van der Waals surface area contributed by atoms with Gasteiger partial charge in [0.1, 0.15) is 16.8 Å². The minimum atomic E-state index is -0.930. The topological polar surface area (TPSA) is 83.2 Å². The Bertz CT molecular complexity index is 952. The van der Waals surface area contributed by atoms with Crippen molar-refractivity contribution in [3.05, 3.63) is 59.1 Å². The number of carboxylic acids is 1. The van der Waals surface area contributed by atoms with Crippen LogP contribution in [0.3, 0.4) is 0 Å². The molecule has 0 radical (unpaired) electrons. The van der Waals surface area contributed by atoms with Gasteiger partial charge in [-0.15, -0.1) is 11.3 Å². The number of hydrogen-bond donors (Lipinski definition) is 1. The van der Waals surface area contributed by atoms with Crippen LogP contribution in [0.2, 0.25) is 0 Å². The Morgan fingerprint density at radius 3 is 2.76 bits per heavy atom. The first-order valence-electron chi connectivity index (χ1n) is 7.54. The third kappa shape index (κ3) is 4.03. The summed E-state index contributed by atoms with van der Waals surface area (Å²) in [6.45, 7) is -0.0692. The molecule has 0 aliphatic heterocycles. The van der Waals surface area contributed by atoms with Gasteiger partial charge < -0.3 is 9.84 Å². The van der Waals surface area contributed by atoms with E-state index < -0.39 is 5.97 Å². The van der Waals surface area contributed by atoms with Crippen molar-refractivity contribution in [2.45, 2.75) is 6.42 Å². The van der Waals surface area contributed by atoms with Gasteiger partial charge in [-0.1, -0.05) is 30.3 Å². The number of nitriles is 1. The molecule has 5 nitrogen and oxygen atoms in total. The van der Waals surface area contributed by atoms with Gasteiger partial charge in [0.05, 0.1) is 16.6 Å². The number of carbonyl (C=O) groups is 1. The second kappa shape index (κ2) is 7.60. The number of ether oxygens (including phenoxy) is 1. The molecular formula is C19H14N2O3S. The van der Waals surface area contributed by atoms with Crippen LogP contribution in [0.5, 0.6) is 5.75 Å². The van der Waals surface area contributed by atoms with Crippen LogP contribution < -0.4 is 4.74 Å². The van der Waals surface area contributed by atoms with Crippen molar-refractivity contribution in [2.24, 2.45) is 0 Å². The van der Waals surface area contributed by atoms with Crippen LogP contribution >= 0.6 is 11.3 Å². The van der Waals surface area contributed by atoms with Crippen molar-refractivity contribution in [3.63, 3.8) is 0 Å². The summed E-state index contributed by atoms with van der Waals surface area (Å²) in [5.41, 5.74) is 2.16. The van der Waals surface area contributed by atoms with E-state index >= 15 is 0 Å². The molecule has 6 heteroatoms. The molecule has 2 aromatic carbocycles. The lowest BCUT2D eigenvalue weighted by atomic mass is 10.1.